The van der Waals surface area contributed by atoms with Crippen LogP contribution in [0.15, 0.2) is 12.4 Å². The Morgan fingerprint density at radius 2 is 2.20 bits per heavy atom. The van der Waals surface area contributed by atoms with E-state index < -0.39 is 0 Å². The Kier molecular flexibility index (Phi) is 3.50. The molecule has 1 aliphatic carbocycles. The summed E-state index contributed by atoms with van der Waals surface area (Å²) < 4.78 is 5.14. The highest BCUT2D eigenvalue weighted by Crippen LogP contribution is 2.18. The van der Waals surface area contributed by atoms with Gasteiger partial charge in [-0.1, -0.05) is 0 Å². The predicted octanol–water partition coefficient (Wildman–Crippen LogP) is 1.17. The fraction of sp³-hybridized carbons (Fsp3) is 0.636. The van der Waals surface area contributed by atoms with E-state index in [2.05, 4.69) is 15.3 Å². The van der Waals surface area contributed by atoms with Gasteiger partial charge in [0.05, 0.1) is 7.11 Å². The zero-order valence-corrected chi connectivity index (χ0v) is 9.07. The van der Waals surface area contributed by atoms with Crippen LogP contribution in [-0.4, -0.2) is 29.7 Å². The standard InChI is InChI=1S/C11H17N3O/c1-15-11-10(13-7-8-14-11)3-2-6-12-9-4-5-9/h7-9,12H,2-6H2,1H3. The van der Waals surface area contributed by atoms with Gasteiger partial charge in [-0.25, -0.2) is 4.98 Å². The van der Waals surface area contributed by atoms with Crippen molar-refractivity contribution in [2.75, 3.05) is 13.7 Å². The molecule has 1 fully saturated rings. The van der Waals surface area contributed by atoms with Crippen molar-refractivity contribution in [1.82, 2.24) is 15.3 Å². The molecule has 0 amide bonds. The lowest BCUT2D eigenvalue weighted by Gasteiger charge is -2.05. The van der Waals surface area contributed by atoms with Crippen LogP contribution >= 0.6 is 0 Å². The van der Waals surface area contributed by atoms with Crippen LogP contribution in [0.5, 0.6) is 5.88 Å². The van der Waals surface area contributed by atoms with Gasteiger partial charge in [-0.05, 0) is 32.2 Å². The number of aromatic nitrogens is 2. The summed E-state index contributed by atoms with van der Waals surface area (Å²) in [5.74, 6) is 0.656. The molecule has 15 heavy (non-hydrogen) atoms. The molecule has 0 bridgehead atoms. The fourth-order valence-corrected chi connectivity index (χ4v) is 1.55. The lowest BCUT2D eigenvalue weighted by Crippen LogP contribution is -2.18. The van der Waals surface area contributed by atoms with Gasteiger partial charge in [-0.3, -0.25) is 4.98 Å². The van der Waals surface area contributed by atoms with Gasteiger partial charge in [-0.2, -0.15) is 0 Å². The van der Waals surface area contributed by atoms with Gasteiger partial charge in [-0.15, -0.1) is 0 Å². The number of methoxy groups -OCH3 is 1. The average Bonchev–Trinajstić information content (AvgIpc) is 3.09. The van der Waals surface area contributed by atoms with Crippen LogP contribution in [0.4, 0.5) is 0 Å². The van der Waals surface area contributed by atoms with Crippen LogP contribution in [0.1, 0.15) is 25.0 Å². The number of nitrogens with zero attached hydrogens (tertiary/aromatic N) is 2. The quantitative estimate of drug-likeness (QED) is 0.711. The average molecular weight is 207 g/mol. The summed E-state index contributed by atoms with van der Waals surface area (Å²) in [6.07, 6.45) is 8.07. The molecule has 4 heteroatoms. The first-order valence-corrected chi connectivity index (χ1v) is 5.47. The molecule has 82 valence electrons. The number of nitrogens with one attached hydrogen (secondary N) is 1. The lowest BCUT2D eigenvalue weighted by molar-refractivity contribution is 0.388. The minimum Gasteiger partial charge on any atom is -0.480 e. The lowest BCUT2D eigenvalue weighted by atomic mass is 10.2. The Labute approximate surface area is 90.1 Å². The van der Waals surface area contributed by atoms with Crippen LogP contribution in [0.25, 0.3) is 0 Å². The van der Waals surface area contributed by atoms with Crippen LogP contribution in [0.2, 0.25) is 0 Å². The Balaban J connectivity index is 1.75. The third kappa shape index (κ3) is 3.16. The minimum absolute atomic E-state index is 0.656. The first-order valence-electron chi connectivity index (χ1n) is 5.47. The Morgan fingerprint density at radius 1 is 1.40 bits per heavy atom. The Bertz CT molecular complexity index is 312. The molecule has 1 aromatic heterocycles. The summed E-state index contributed by atoms with van der Waals surface area (Å²) >= 11 is 0. The zero-order valence-electron chi connectivity index (χ0n) is 9.07. The predicted molar refractivity (Wildman–Crippen MR) is 57.9 cm³/mol. The largest absolute Gasteiger partial charge is 0.480 e. The summed E-state index contributed by atoms with van der Waals surface area (Å²) in [4.78, 5) is 8.38. The van der Waals surface area contributed by atoms with E-state index in [4.69, 9.17) is 4.74 Å². The normalized spacial score (nSPS) is 15.3. The summed E-state index contributed by atoms with van der Waals surface area (Å²) in [6.45, 7) is 1.06. The van der Waals surface area contributed by atoms with Crippen molar-refractivity contribution < 1.29 is 4.74 Å². The molecule has 0 aromatic carbocycles. The molecule has 0 radical (unpaired) electrons. The van der Waals surface area contributed by atoms with Crippen molar-refractivity contribution in [2.45, 2.75) is 31.7 Å². The van der Waals surface area contributed by atoms with Crippen LogP contribution in [0, 0.1) is 0 Å². The SMILES string of the molecule is COc1nccnc1CCCNC1CC1. The van der Waals surface area contributed by atoms with Crippen molar-refractivity contribution in [1.29, 1.82) is 0 Å². The summed E-state index contributed by atoms with van der Waals surface area (Å²) in [5.41, 5.74) is 0.956. The Morgan fingerprint density at radius 3 is 2.93 bits per heavy atom. The number of aryl methyl sites for hydroxylation is 1. The van der Waals surface area contributed by atoms with Crippen molar-refractivity contribution >= 4 is 0 Å². The third-order valence-electron chi connectivity index (χ3n) is 2.53. The first-order chi connectivity index (χ1) is 7.40. The molecule has 0 unspecified atom stereocenters. The second kappa shape index (κ2) is 5.07. The molecule has 0 spiro atoms. The molecule has 1 heterocycles. The second-order valence-electron chi connectivity index (χ2n) is 3.84. The maximum atomic E-state index is 5.14. The molecular weight excluding hydrogens is 190 g/mol. The monoisotopic (exact) mass is 207 g/mol. The minimum atomic E-state index is 0.656. The number of rotatable bonds is 6. The molecule has 0 atom stereocenters. The molecule has 1 aromatic rings. The van der Waals surface area contributed by atoms with Gasteiger partial charge < -0.3 is 10.1 Å². The first kappa shape index (κ1) is 10.4. The Hall–Kier alpha value is -1.16. The highest BCUT2D eigenvalue weighted by molar-refractivity contribution is 5.16. The van der Waals surface area contributed by atoms with E-state index in [1.165, 1.54) is 12.8 Å². The van der Waals surface area contributed by atoms with Crippen molar-refractivity contribution in [3.8, 4) is 5.88 Å². The maximum Gasteiger partial charge on any atom is 0.235 e. The highest BCUT2D eigenvalue weighted by atomic mass is 16.5. The van der Waals surface area contributed by atoms with Gasteiger partial charge in [0, 0.05) is 18.4 Å². The van der Waals surface area contributed by atoms with Gasteiger partial charge in [0.25, 0.3) is 0 Å². The molecule has 1 saturated carbocycles. The van der Waals surface area contributed by atoms with E-state index in [-0.39, 0.29) is 0 Å². The third-order valence-corrected chi connectivity index (χ3v) is 2.53. The zero-order chi connectivity index (χ0) is 10.5. The van der Waals surface area contributed by atoms with Gasteiger partial charge in [0.2, 0.25) is 5.88 Å². The van der Waals surface area contributed by atoms with E-state index in [1.807, 2.05) is 0 Å². The molecule has 2 rings (SSSR count). The molecule has 1 aliphatic rings. The second-order valence-corrected chi connectivity index (χ2v) is 3.84. The van der Waals surface area contributed by atoms with Crippen LogP contribution in [0.3, 0.4) is 0 Å². The van der Waals surface area contributed by atoms with Gasteiger partial charge in [0.1, 0.15) is 5.69 Å². The van der Waals surface area contributed by atoms with Crippen molar-refractivity contribution in [3.05, 3.63) is 18.1 Å². The van der Waals surface area contributed by atoms with E-state index in [9.17, 15) is 0 Å². The maximum absolute atomic E-state index is 5.14. The summed E-state index contributed by atoms with van der Waals surface area (Å²) in [6, 6.07) is 0.786. The number of hydrogen-bond donors (Lipinski definition) is 1. The number of ether oxygens (including phenoxy) is 1. The smallest absolute Gasteiger partial charge is 0.235 e. The van der Waals surface area contributed by atoms with Crippen molar-refractivity contribution in [2.24, 2.45) is 0 Å². The van der Waals surface area contributed by atoms with E-state index in [0.29, 0.717) is 5.88 Å². The summed E-state index contributed by atoms with van der Waals surface area (Å²) in [7, 11) is 1.63. The van der Waals surface area contributed by atoms with Crippen LogP contribution < -0.4 is 10.1 Å². The van der Waals surface area contributed by atoms with Gasteiger partial charge >= 0.3 is 0 Å². The van der Waals surface area contributed by atoms with E-state index in [0.717, 1.165) is 31.1 Å². The molecule has 0 saturated heterocycles. The van der Waals surface area contributed by atoms with Gasteiger partial charge in [0.15, 0.2) is 0 Å². The highest BCUT2D eigenvalue weighted by Gasteiger charge is 2.19. The molecule has 1 N–H and O–H groups in total. The van der Waals surface area contributed by atoms with Crippen LogP contribution in [-0.2, 0) is 6.42 Å². The summed E-state index contributed by atoms with van der Waals surface area (Å²) in [5, 5.41) is 3.48. The topological polar surface area (TPSA) is 47.0 Å². The van der Waals surface area contributed by atoms with Crippen molar-refractivity contribution in [3.63, 3.8) is 0 Å². The molecule has 0 aliphatic heterocycles. The van der Waals surface area contributed by atoms with E-state index >= 15 is 0 Å². The fourth-order valence-electron chi connectivity index (χ4n) is 1.55. The van der Waals surface area contributed by atoms with E-state index in [1.54, 1.807) is 19.5 Å². The molecular formula is C11H17N3O. The number of hydrogen-bond acceptors (Lipinski definition) is 4. The molecule has 4 nitrogen and oxygen atoms in total.